The zero-order chi connectivity index (χ0) is 19.8. The molecule has 1 amide bonds. The molecular weight excluding hydrogens is 354 g/mol. The van der Waals surface area contributed by atoms with Crippen LogP contribution in [0.4, 0.5) is 14.5 Å². The van der Waals surface area contributed by atoms with Gasteiger partial charge >= 0.3 is 6.61 Å². The molecule has 0 spiro atoms. The van der Waals surface area contributed by atoms with Crippen LogP contribution in [0.3, 0.4) is 0 Å². The fraction of sp³-hybridized carbons (Fsp3) is 0.350. The Balaban J connectivity index is 2.15. The second-order valence-electron chi connectivity index (χ2n) is 5.86. The highest BCUT2D eigenvalue weighted by molar-refractivity contribution is 6.04. The summed E-state index contributed by atoms with van der Waals surface area (Å²) in [5.41, 5.74) is 1.91. The number of amides is 1. The van der Waals surface area contributed by atoms with Crippen molar-refractivity contribution in [1.82, 2.24) is 4.90 Å². The number of hydrogen-bond donors (Lipinski definition) is 1. The van der Waals surface area contributed by atoms with Crippen LogP contribution in [-0.2, 0) is 6.54 Å². The Hall–Kier alpha value is -2.67. The molecular formula is C20H24F2N2O3. The average molecular weight is 378 g/mol. The quantitative estimate of drug-likeness (QED) is 0.703. The van der Waals surface area contributed by atoms with Gasteiger partial charge in [0.25, 0.3) is 5.91 Å². The molecule has 2 rings (SSSR count). The molecule has 0 fully saturated rings. The fourth-order valence-electron chi connectivity index (χ4n) is 2.66. The Morgan fingerprint density at radius 2 is 1.85 bits per heavy atom. The maximum absolute atomic E-state index is 12.5. The molecule has 2 aromatic rings. The number of rotatable bonds is 9. The number of methoxy groups -OCH3 is 1. The third kappa shape index (κ3) is 5.92. The van der Waals surface area contributed by atoms with Crippen molar-refractivity contribution in [3.8, 4) is 11.5 Å². The van der Waals surface area contributed by atoms with Crippen molar-refractivity contribution in [2.24, 2.45) is 0 Å². The molecule has 0 radical (unpaired) electrons. The van der Waals surface area contributed by atoms with Crippen LogP contribution in [-0.4, -0.2) is 37.6 Å². The van der Waals surface area contributed by atoms with Gasteiger partial charge in [0.15, 0.2) is 11.5 Å². The van der Waals surface area contributed by atoms with Crippen molar-refractivity contribution in [1.29, 1.82) is 0 Å². The summed E-state index contributed by atoms with van der Waals surface area (Å²) in [4.78, 5) is 14.8. The zero-order valence-corrected chi connectivity index (χ0v) is 15.7. The summed E-state index contributed by atoms with van der Waals surface area (Å²) >= 11 is 0. The molecule has 1 N–H and O–H groups in total. The number of nitrogens with one attached hydrogen (secondary N) is 1. The molecule has 0 aliphatic rings. The van der Waals surface area contributed by atoms with Crippen LogP contribution in [0, 0.1) is 0 Å². The van der Waals surface area contributed by atoms with E-state index in [2.05, 4.69) is 28.8 Å². The molecule has 0 heterocycles. The lowest BCUT2D eigenvalue weighted by atomic mass is 10.1. The second kappa shape index (κ2) is 9.87. The van der Waals surface area contributed by atoms with Gasteiger partial charge in [-0.1, -0.05) is 26.0 Å². The van der Waals surface area contributed by atoms with Crippen LogP contribution in [0.1, 0.15) is 29.8 Å². The standard InChI is InChI=1S/C20H24F2N2O3/c1-4-24(5-2)13-14-7-6-8-16(11-14)23-19(25)15-9-10-17(26-3)18(12-15)27-20(21)22/h6-12,20H,4-5,13H2,1-3H3,(H,23,25). The summed E-state index contributed by atoms with van der Waals surface area (Å²) in [5.74, 6) is -0.472. The number of alkyl halides is 2. The van der Waals surface area contributed by atoms with E-state index in [1.165, 1.54) is 25.3 Å². The summed E-state index contributed by atoms with van der Waals surface area (Å²) in [6.45, 7) is 3.84. The van der Waals surface area contributed by atoms with Crippen LogP contribution >= 0.6 is 0 Å². The van der Waals surface area contributed by atoms with Crippen molar-refractivity contribution in [2.75, 3.05) is 25.5 Å². The Morgan fingerprint density at radius 3 is 2.48 bits per heavy atom. The minimum absolute atomic E-state index is 0.132. The molecule has 0 aromatic heterocycles. The molecule has 27 heavy (non-hydrogen) atoms. The van der Waals surface area contributed by atoms with Crippen LogP contribution in [0.25, 0.3) is 0 Å². The van der Waals surface area contributed by atoms with Crippen LogP contribution in [0.15, 0.2) is 42.5 Å². The molecule has 2 aromatic carbocycles. The van der Waals surface area contributed by atoms with Gasteiger partial charge in [0.1, 0.15) is 0 Å². The SMILES string of the molecule is CCN(CC)Cc1cccc(NC(=O)c2ccc(OC)c(OC(F)F)c2)c1. The largest absolute Gasteiger partial charge is 0.493 e. The molecule has 0 unspecified atom stereocenters. The van der Waals surface area contributed by atoms with E-state index in [0.717, 1.165) is 25.2 Å². The van der Waals surface area contributed by atoms with Crippen LogP contribution in [0.2, 0.25) is 0 Å². The van der Waals surface area contributed by atoms with E-state index in [1.54, 1.807) is 6.07 Å². The number of halogens is 2. The third-order valence-electron chi connectivity index (χ3n) is 4.13. The number of anilines is 1. The van der Waals surface area contributed by atoms with Gasteiger partial charge in [-0.25, -0.2) is 0 Å². The molecule has 0 aliphatic heterocycles. The van der Waals surface area contributed by atoms with Crippen molar-refractivity contribution in [3.63, 3.8) is 0 Å². The number of carbonyl (C=O) groups excluding carboxylic acids is 1. The number of nitrogens with zero attached hydrogens (tertiary/aromatic N) is 1. The molecule has 7 heteroatoms. The van der Waals surface area contributed by atoms with Crippen molar-refractivity contribution < 1.29 is 23.0 Å². The first-order valence-electron chi connectivity index (χ1n) is 8.72. The highest BCUT2D eigenvalue weighted by atomic mass is 19.3. The minimum atomic E-state index is -3.01. The maximum atomic E-state index is 12.5. The Labute approximate surface area is 157 Å². The van der Waals surface area contributed by atoms with Gasteiger partial charge < -0.3 is 14.8 Å². The highest BCUT2D eigenvalue weighted by Crippen LogP contribution is 2.29. The third-order valence-corrected chi connectivity index (χ3v) is 4.13. The van der Waals surface area contributed by atoms with E-state index in [4.69, 9.17) is 4.74 Å². The van der Waals surface area contributed by atoms with E-state index < -0.39 is 12.5 Å². The van der Waals surface area contributed by atoms with E-state index in [1.807, 2.05) is 18.2 Å². The van der Waals surface area contributed by atoms with E-state index in [-0.39, 0.29) is 17.1 Å². The fourth-order valence-corrected chi connectivity index (χ4v) is 2.66. The summed E-state index contributed by atoms with van der Waals surface area (Å²) < 4.78 is 34.5. The number of carbonyl (C=O) groups is 1. The molecule has 146 valence electrons. The minimum Gasteiger partial charge on any atom is -0.493 e. The average Bonchev–Trinajstić information content (AvgIpc) is 2.65. The van der Waals surface area contributed by atoms with E-state index >= 15 is 0 Å². The number of hydrogen-bond acceptors (Lipinski definition) is 4. The summed E-state index contributed by atoms with van der Waals surface area (Å²) in [7, 11) is 1.34. The molecule has 0 saturated heterocycles. The van der Waals surface area contributed by atoms with Gasteiger partial charge in [-0.2, -0.15) is 8.78 Å². The van der Waals surface area contributed by atoms with Crippen molar-refractivity contribution in [3.05, 3.63) is 53.6 Å². The van der Waals surface area contributed by atoms with Crippen molar-refractivity contribution >= 4 is 11.6 Å². The highest BCUT2D eigenvalue weighted by Gasteiger charge is 2.15. The molecule has 0 atom stereocenters. The van der Waals surface area contributed by atoms with E-state index in [9.17, 15) is 13.6 Å². The smallest absolute Gasteiger partial charge is 0.387 e. The van der Waals surface area contributed by atoms with Gasteiger partial charge in [0, 0.05) is 17.8 Å². The Kier molecular flexibility index (Phi) is 7.55. The first-order chi connectivity index (χ1) is 13.0. The van der Waals surface area contributed by atoms with Crippen LogP contribution in [0.5, 0.6) is 11.5 Å². The lowest BCUT2D eigenvalue weighted by Gasteiger charge is -2.18. The first kappa shape index (κ1) is 20.6. The molecule has 0 bridgehead atoms. The number of benzene rings is 2. The zero-order valence-electron chi connectivity index (χ0n) is 15.7. The normalized spacial score (nSPS) is 10.9. The predicted molar refractivity (Wildman–Crippen MR) is 101 cm³/mol. The van der Waals surface area contributed by atoms with Gasteiger partial charge in [-0.15, -0.1) is 0 Å². The van der Waals surface area contributed by atoms with Gasteiger partial charge in [-0.05, 0) is 49.0 Å². The van der Waals surface area contributed by atoms with Gasteiger partial charge in [0.2, 0.25) is 0 Å². The Bertz CT molecular complexity index is 765. The topological polar surface area (TPSA) is 50.8 Å². The lowest BCUT2D eigenvalue weighted by molar-refractivity contribution is -0.0512. The molecule has 0 aliphatic carbocycles. The molecule has 5 nitrogen and oxygen atoms in total. The first-order valence-corrected chi connectivity index (χ1v) is 8.72. The molecule has 0 saturated carbocycles. The summed E-state index contributed by atoms with van der Waals surface area (Å²) in [5, 5.41) is 2.78. The summed E-state index contributed by atoms with van der Waals surface area (Å²) in [6, 6.07) is 11.7. The predicted octanol–water partition coefficient (Wildman–Crippen LogP) is 4.39. The monoisotopic (exact) mass is 378 g/mol. The van der Waals surface area contributed by atoms with E-state index in [0.29, 0.717) is 5.69 Å². The maximum Gasteiger partial charge on any atom is 0.387 e. The van der Waals surface area contributed by atoms with Gasteiger partial charge in [0.05, 0.1) is 7.11 Å². The van der Waals surface area contributed by atoms with Crippen molar-refractivity contribution in [2.45, 2.75) is 27.0 Å². The second-order valence-corrected chi connectivity index (χ2v) is 5.86. The lowest BCUT2D eigenvalue weighted by Crippen LogP contribution is -2.22. The Morgan fingerprint density at radius 1 is 1.11 bits per heavy atom. The number of ether oxygens (including phenoxy) is 2. The van der Waals surface area contributed by atoms with Gasteiger partial charge in [-0.3, -0.25) is 9.69 Å². The summed E-state index contributed by atoms with van der Waals surface area (Å²) in [6.07, 6.45) is 0. The van der Waals surface area contributed by atoms with Crippen LogP contribution < -0.4 is 14.8 Å².